The van der Waals surface area contributed by atoms with Gasteiger partial charge < -0.3 is 10.2 Å². The zero-order valence-electron chi connectivity index (χ0n) is 6.37. The normalized spacial score (nSPS) is 12.5. The molecule has 70 valence electrons. The van der Waals surface area contributed by atoms with Crippen LogP contribution in [0.5, 0.6) is 0 Å². The molecule has 3 nitrogen and oxygen atoms in total. The number of carbonyl (C=O) groups is 1. The largest absolute Gasteiger partial charge is 0.479 e. The van der Waals surface area contributed by atoms with Crippen molar-refractivity contribution in [3.05, 3.63) is 33.3 Å². The van der Waals surface area contributed by atoms with E-state index < -0.39 is 12.1 Å². The maximum absolute atomic E-state index is 10.4. The van der Waals surface area contributed by atoms with Crippen LogP contribution in [0.3, 0.4) is 0 Å². The molecule has 0 aliphatic heterocycles. The molecule has 0 saturated carbocycles. The van der Waals surface area contributed by atoms with Gasteiger partial charge in [0.25, 0.3) is 0 Å². The Labute approximate surface area is 88.1 Å². The van der Waals surface area contributed by atoms with Crippen LogP contribution in [0.1, 0.15) is 11.7 Å². The summed E-state index contributed by atoms with van der Waals surface area (Å²) in [5.41, 5.74) is 0.256. The number of carboxylic acid groups (broad SMARTS) is 1. The van der Waals surface area contributed by atoms with Gasteiger partial charge in [-0.1, -0.05) is 27.5 Å². The number of carboxylic acids is 1. The molecule has 2 N–H and O–H groups in total. The van der Waals surface area contributed by atoms with E-state index >= 15 is 0 Å². The monoisotopic (exact) mass is 264 g/mol. The van der Waals surface area contributed by atoms with Crippen molar-refractivity contribution in [1.82, 2.24) is 0 Å². The topological polar surface area (TPSA) is 57.5 Å². The van der Waals surface area contributed by atoms with Gasteiger partial charge in [-0.2, -0.15) is 0 Å². The second-order valence-corrected chi connectivity index (χ2v) is 3.80. The number of hydrogen-bond acceptors (Lipinski definition) is 2. The third kappa shape index (κ3) is 2.69. The highest BCUT2D eigenvalue weighted by atomic mass is 79.9. The quantitative estimate of drug-likeness (QED) is 0.862. The van der Waals surface area contributed by atoms with Crippen molar-refractivity contribution in [2.24, 2.45) is 0 Å². The zero-order valence-corrected chi connectivity index (χ0v) is 8.71. The van der Waals surface area contributed by atoms with E-state index in [1.165, 1.54) is 12.1 Å². The number of rotatable bonds is 2. The van der Waals surface area contributed by atoms with E-state index in [4.69, 9.17) is 21.8 Å². The number of benzene rings is 1. The van der Waals surface area contributed by atoms with Crippen molar-refractivity contribution in [1.29, 1.82) is 0 Å². The van der Waals surface area contributed by atoms with Gasteiger partial charge in [0.05, 0.1) is 0 Å². The maximum atomic E-state index is 10.4. The molecule has 0 aromatic heterocycles. The van der Waals surface area contributed by atoms with Crippen LogP contribution < -0.4 is 0 Å². The molecule has 5 heteroatoms. The predicted molar refractivity (Wildman–Crippen MR) is 51.7 cm³/mol. The summed E-state index contributed by atoms with van der Waals surface area (Å²) in [5, 5.41) is 18.1. The molecule has 0 aliphatic rings. The Morgan fingerprint density at radius 2 is 2.08 bits per heavy atom. The Bertz CT molecular complexity index is 320. The molecule has 0 aliphatic carbocycles. The summed E-state index contributed by atoms with van der Waals surface area (Å²) >= 11 is 8.81. The number of hydrogen-bond donors (Lipinski definition) is 2. The fraction of sp³-hybridized carbons (Fsp3) is 0.125. The van der Waals surface area contributed by atoms with Crippen molar-refractivity contribution >= 4 is 33.5 Å². The fourth-order valence-electron chi connectivity index (χ4n) is 0.876. The molecular weight excluding hydrogens is 259 g/mol. The Morgan fingerprint density at radius 1 is 1.46 bits per heavy atom. The van der Waals surface area contributed by atoms with Gasteiger partial charge in [-0.05, 0) is 23.8 Å². The summed E-state index contributed by atoms with van der Waals surface area (Å²) < 4.78 is 0.635. The van der Waals surface area contributed by atoms with Crippen molar-refractivity contribution in [2.75, 3.05) is 0 Å². The maximum Gasteiger partial charge on any atom is 0.337 e. The van der Waals surface area contributed by atoms with Gasteiger partial charge in [-0.15, -0.1) is 0 Å². The molecule has 0 radical (unpaired) electrons. The van der Waals surface area contributed by atoms with Gasteiger partial charge in [0.2, 0.25) is 0 Å². The molecule has 0 spiro atoms. The minimum absolute atomic E-state index is 0.256. The molecule has 1 aromatic rings. The van der Waals surface area contributed by atoms with Crippen molar-refractivity contribution in [3.63, 3.8) is 0 Å². The second kappa shape index (κ2) is 4.09. The smallest absolute Gasteiger partial charge is 0.337 e. The highest BCUT2D eigenvalue weighted by molar-refractivity contribution is 9.10. The fourth-order valence-corrected chi connectivity index (χ4v) is 1.76. The van der Waals surface area contributed by atoms with Gasteiger partial charge in [0, 0.05) is 9.50 Å². The summed E-state index contributed by atoms with van der Waals surface area (Å²) in [5.74, 6) is -1.30. The van der Waals surface area contributed by atoms with Crippen LogP contribution in [0.25, 0.3) is 0 Å². The predicted octanol–water partition coefficient (Wildman–Crippen LogP) is 2.22. The third-order valence-electron chi connectivity index (χ3n) is 1.43. The highest BCUT2D eigenvalue weighted by Gasteiger charge is 2.16. The molecular formula is C8H6BrClO3. The van der Waals surface area contributed by atoms with Crippen LogP contribution in [0.2, 0.25) is 5.02 Å². The average Bonchev–Trinajstić information content (AvgIpc) is 2.01. The summed E-state index contributed by atoms with van der Waals surface area (Å²) in [4.78, 5) is 10.4. The van der Waals surface area contributed by atoms with Crippen molar-refractivity contribution in [2.45, 2.75) is 6.10 Å². The molecule has 0 heterocycles. The van der Waals surface area contributed by atoms with Crippen molar-refractivity contribution < 1.29 is 15.0 Å². The number of aliphatic hydroxyl groups is 1. The van der Waals surface area contributed by atoms with E-state index in [2.05, 4.69) is 15.9 Å². The van der Waals surface area contributed by atoms with Gasteiger partial charge >= 0.3 is 5.97 Å². The molecule has 1 atom stereocenters. The molecule has 13 heavy (non-hydrogen) atoms. The Kier molecular flexibility index (Phi) is 3.30. The van der Waals surface area contributed by atoms with E-state index in [-0.39, 0.29) is 5.56 Å². The molecule has 0 amide bonds. The minimum atomic E-state index is -1.53. The summed E-state index contributed by atoms with van der Waals surface area (Å²) in [6.45, 7) is 0. The summed E-state index contributed by atoms with van der Waals surface area (Å²) in [7, 11) is 0. The number of aliphatic carboxylic acids is 1. The van der Waals surface area contributed by atoms with Gasteiger partial charge in [-0.25, -0.2) is 4.79 Å². The molecule has 0 fully saturated rings. The molecule has 0 bridgehead atoms. The average molecular weight is 265 g/mol. The summed E-state index contributed by atoms with van der Waals surface area (Å²) in [6.07, 6.45) is -1.53. The van der Waals surface area contributed by atoms with E-state index in [0.717, 1.165) is 0 Å². The SMILES string of the molecule is O=C(O)[C@@H](O)c1cc(Cl)cc(Br)c1. The van der Waals surface area contributed by atoms with Crippen LogP contribution in [0.15, 0.2) is 22.7 Å². The number of halogens is 2. The van der Waals surface area contributed by atoms with E-state index in [1.807, 2.05) is 0 Å². The second-order valence-electron chi connectivity index (χ2n) is 2.44. The van der Waals surface area contributed by atoms with Gasteiger partial charge in [-0.3, -0.25) is 0 Å². The third-order valence-corrected chi connectivity index (χ3v) is 2.11. The molecule has 0 saturated heterocycles. The molecule has 1 rings (SSSR count). The highest BCUT2D eigenvalue weighted by Crippen LogP contribution is 2.23. The zero-order chi connectivity index (χ0) is 10.0. The van der Waals surface area contributed by atoms with E-state index in [0.29, 0.717) is 9.50 Å². The first-order valence-corrected chi connectivity index (χ1v) is 4.54. The first-order valence-electron chi connectivity index (χ1n) is 3.37. The number of aliphatic hydroxyl groups excluding tert-OH is 1. The van der Waals surface area contributed by atoms with Gasteiger partial charge in [0.15, 0.2) is 6.10 Å². The molecule has 0 unspecified atom stereocenters. The minimum Gasteiger partial charge on any atom is -0.479 e. The summed E-state index contributed by atoms with van der Waals surface area (Å²) in [6, 6.07) is 4.52. The lowest BCUT2D eigenvalue weighted by molar-refractivity contribution is -0.146. The first-order chi connectivity index (χ1) is 6.00. The Balaban J connectivity index is 3.07. The lowest BCUT2D eigenvalue weighted by Gasteiger charge is -2.06. The lowest BCUT2D eigenvalue weighted by atomic mass is 10.1. The van der Waals surface area contributed by atoms with Crippen LogP contribution >= 0.6 is 27.5 Å². The van der Waals surface area contributed by atoms with Crippen molar-refractivity contribution in [3.8, 4) is 0 Å². The first kappa shape index (κ1) is 10.5. The Morgan fingerprint density at radius 3 is 2.54 bits per heavy atom. The van der Waals surface area contributed by atoms with E-state index in [9.17, 15) is 4.79 Å². The van der Waals surface area contributed by atoms with Crippen LogP contribution in [-0.4, -0.2) is 16.2 Å². The Hall–Kier alpha value is -0.580. The van der Waals surface area contributed by atoms with Crippen LogP contribution in [0.4, 0.5) is 0 Å². The van der Waals surface area contributed by atoms with Gasteiger partial charge in [0.1, 0.15) is 0 Å². The van der Waals surface area contributed by atoms with Crippen LogP contribution in [0, 0.1) is 0 Å². The molecule has 1 aromatic carbocycles. The lowest BCUT2D eigenvalue weighted by Crippen LogP contribution is -2.10. The van der Waals surface area contributed by atoms with E-state index in [1.54, 1.807) is 6.07 Å². The standard InChI is InChI=1S/C8H6BrClO3/c9-5-1-4(2-6(10)3-5)7(11)8(12)13/h1-3,7,11H,(H,12,13)/t7-/m0/s1. The van der Waals surface area contributed by atoms with Crippen LogP contribution in [-0.2, 0) is 4.79 Å².